The molecule has 0 bridgehead atoms. The van der Waals surface area contributed by atoms with Crippen molar-refractivity contribution in [3.05, 3.63) is 29.8 Å². The molecule has 2 aliphatic rings. The quantitative estimate of drug-likeness (QED) is 0.844. The number of halogens is 3. The van der Waals surface area contributed by atoms with Crippen molar-refractivity contribution in [1.29, 1.82) is 0 Å². The maximum Gasteiger partial charge on any atom is 0.416 e. The summed E-state index contributed by atoms with van der Waals surface area (Å²) in [6.45, 7) is 1.77. The predicted molar refractivity (Wildman–Crippen MR) is 68.2 cm³/mol. The molecule has 1 N–H and O–H groups in total. The Hall–Kier alpha value is -1.23. The lowest BCUT2D eigenvalue weighted by molar-refractivity contribution is -0.137. The summed E-state index contributed by atoms with van der Waals surface area (Å²) in [6, 6.07) is 6.50. The van der Waals surface area contributed by atoms with Gasteiger partial charge in [0.05, 0.1) is 5.56 Å². The van der Waals surface area contributed by atoms with Crippen LogP contribution in [0.25, 0.3) is 0 Å². The Morgan fingerprint density at radius 2 is 1.84 bits per heavy atom. The highest BCUT2D eigenvalue weighted by Crippen LogP contribution is 2.33. The van der Waals surface area contributed by atoms with Gasteiger partial charge in [0, 0.05) is 30.9 Å². The summed E-state index contributed by atoms with van der Waals surface area (Å²) in [5, 5.41) is 3.49. The van der Waals surface area contributed by atoms with E-state index in [1.54, 1.807) is 12.1 Å². The van der Waals surface area contributed by atoms with E-state index in [2.05, 4.69) is 10.2 Å². The van der Waals surface area contributed by atoms with E-state index in [9.17, 15) is 13.2 Å². The van der Waals surface area contributed by atoms with Crippen LogP contribution in [-0.2, 0) is 6.18 Å². The molecule has 0 aromatic heterocycles. The van der Waals surface area contributed by atoms with Gasteiger partial charge in [-0.1, -0.05) is 0 Å². The predicted octanol–water partition coefficient (Wildman–Crippen LogP) is 3.04. The molecule has 0 unspecified atom stereocenters. The Balaban J connectivity index is 1.82. The number of benzene rings is 1. The van der Waals surface area contributed by atoms with Crippen LogP contribution < -0.4 is 10.2 Å². The van der Waals surface area contributed by atoms with E-state index >= 15 is 0 Å². The zero-order chi connectivity index (χ0) is 13.5. The molecule has 19 heavy (non-hydrogen) atoms. The maximum atomic E-state index is 12.6. The van der Waals surface area contributed by atoms with Crippen molar-refractivity contribution < 1.29 is 13.2 Å². The molecule has 1 aromatic carbocycles. The molecule has 1 saturated heterocycles. The van der Waals surface area contributed by atoms with Crippen LogP contribution in [0.3, 0.4) is 0 Å². The molecular weight excluding hydrogens is 253 g/mol. The summed E-state index contributed by atoms with van der Waals surface area (Å²) in [6.07, 6.45) is -0.766. The van der Waals surface area contributed by atoms with Crippen molar-refractivity contribution in [2.24, 2.45) is 0 Å². The minimum Gasteiger partial charge on any atom is -0.366 e. The van der Waals surface area contributed by atoms with Crippen LogP contribution in [0.4, 0.5) is 18.9 Å². The molecule has 1 heterocycles. The molecule has 104 valence electrons. The minimum absolute atomic E-state index is 0.436. The first kappa shape index (κ1) is 12.8. The fourth-order valence-corrected chi connectivity index (χ4v) is 3.25. The number of nitrogens with zero attached hydrogens (tertiary/aromatic N) is 1. The lowest BCUT2D eigenvalue weighted by Gasteiger charge is -2.40. The Labute approximate surface area is 110 Å². The average molecular weight is 270 g/mol. The third-order valence-corrected chi connectivity index (χ3v) is 4.17. The van der Waals surface area contributed by atoms with E-state index in [-0.39, 0.29) is 0 Å². The lowest BCUT2D eigenvalue weighted by Crippen LogP contribution is -2.55. The van der Waals surface area contributed by atoms with Crippen LogP contribution in [0.1, 0.15) is 24.8 Å². The summed E-state index contributed by atoms with van der Waals surface area (Å²) in [5.41, 5.74) is 0.334. The Bertz CT molecular complexity index is 441. The molecule has 2 nitrogen and oxygen atoms in total. The van der Waals surface area contributed by atoms with Crippen molar-refractivity contribution in [2.75, 3.05) is 18.0 Å². The van der Waals surface area contributed by atoms with Crippen LogP contribution in [0.5, 0.6) is 0 Å². The Morgan fingerprint density at radius 3 is 2.53 bits per heavy atom. The molecular formula is C14H17F3N2. The normalized spacial score (nSPS) is 27.4. The van der Waals surface area contributed by atoms with Gasteiger partial charge in [-0.25, -0.2) is 0 Å². The lowest BCUT2D eigenvalue weighted by atomic mass is 10.1. The number of alkyl halides is 3. The Morgan fingerprint density at radius 1 is 1.11 bits per heavy atom. The summed E-state index contributed by atoms with van der Waals surface area (Å²) < 4.78 is 37.7. The highest BCUT2D eigenvalue weighted by Gasteiger charge is 2.35. The van der Waals surface area contributed by atoms with E-state index in [1.807, 2.05) is 0 Å². The summed E-state index contributed by atoms with van der Waals surface area (Å²) in [4.78, 5) is 2.26. The summed E-state index contributed by atoms with van der Waals surface area (Å²) in [7, 11) is 0. The summed E-state index contributed by atoms with van der Waals surface area (Å²) in [5.74, 6) is 0. The van der Waals surface area contributed by atoms with Crippen LogP contribution >= 0.6 is 0 Å². The number of anilines is 1. The van der Waals surface area contributed by atoms with Crippen molar-refractivity contribution in [3.8, 4) is 0 Å². The standard InChI is InChI=1S/C14H17F3N2/c15-14(16,17)10-4-6-11(7-5-10)19-9-8-18-12-2-1-3-13(12)19/h4-7,12-13,18H,1-3,8-9H2/t12-,13-/m0/s1. The van der Waals surface area contributed by atoms with Gasteiger partial charge in [0.25, 0.3) is 0 Å². The molecule has 1 saturated carbocycles. The van der Waals surface area contributed by atoms with Crippen molar-refractivity contribution >= 4 is 5.69 Å². The monoisotopic (exact) mass is 270 g/mol. The highest BCUT2D eigenvalue weighted by molar-refractivity contribution is 5.50. The van der Waals surface area contributed by atoms with Crippen molar-refractivity contribution in [2.45, 2.75) is 37.5 Å². The van der Waals surface area contributed by atoms with E-state index < -0.39 is 11.7 Å². The topological polar surface area (TPSA) is 15.3 Å². The SMILES string of the molecule is FC(F)(F)c1ccc(N2CCN[C@H]3CCC[C@@H]32)cc1. The second-order valence-electron chi connectivity index (χ2n) is 5.30. The number of piperazine rings is 1. The third-order valence-electron chi connectivity index (χ3n) is 4.17. The first-order chi connectivity index (χ1) is 9.05. The minimum atomic E-state index is -4.25. The van der Waals surface area contributed by atoms with E-state index in [1.165, 1.54) is 25.0 Å². The smallest absolute Gasteiger partial charge is 0.366 e. The molecule has 5 heteroatoms. The largest absolute Gasteiger partial charge is 0.416 e. The van der Waals surface area contributed by atoms with E-state index in [0.29, 0.717) is 12.1 Å². The van der Waals surface area contributed by atoms with Crippen molar-refractivity contribution in [1.82, 2.24) is 5.32 Å². The summed E-state index contributed by atoms with van der Waals surface area (Å²) >= 11 is 0. The molecule has 0 amide bonds. The van der Waals surface area contributed by atoms with Crippen LogP contribution in [0, 0.1) is 0 Å². The van der Waals surface area contributed by atoms with Gasteiger partial charge in [-0.3, -0.25) is 0 Å². The molecule has 2 fully saturated rings. The third kappa shape index (κ3) is 2.43. The number of rotatable bonds is 1. The maximum absolute atomic E-state index is 12.6. The number of fused-ring (bicyclic) bond motifs is 1. The molecule has 3 rings (SSSR count). The second kappa shape index (κ2) is 4.71. The van der Waals surface area contributed by atoms with Gasteiger partial charge in [0.15, 0.2) is 0 Å². The van der Waals surface area contributed by atoms with Gasteiger partial charge in [-0.2, -0.15) is 13.2 Å². The average Bonchev–Trinajstić information content (AvgIpc) is 2.86. The fraction of sp³-hybridized carbons (Fsp3) is 0.571. The van der Waals surface area contributed by atoms with Gasteiger partial charge in [0.2, 0.25) is 0 Å². The molecule has 1 aliphatic carbocycles. The van der Waals surface area contributed by atoms with Gasteiger partial charge >= 0.3 is 6.18 Å². The number of hydrogen-bond donors (Lipinski definition) is 1. The number of hydrogen-bond acceptors (Lipinski definition) is 2. The van der Waals surface area contributed by atoms with Crippen LogP contribution in [-0.4, -0.2) is 25.2 Å². The van der Waals surface area contributed by atoms with Crippen molar-refractivity contribution in [3.63, 3.8) is 0 Å². The molecule has 2 atom stereocenters. The van der Waals surface area contributed by atoms with Crippen LogP contribution in [0.15, 0.2) is 24.3 Å². The van der Waals surface area contributed by atoms with E-state index in [0.717, 1.165) is 25.2 Å². The zero-order valence-electron chi connectivity index (χ0n) is 10.6. The van der Waals surface area contributed by atoms with Gasteiger partial charge in [-0.05, 0) is 43.5 Å². The molecule has 1 aromatic rings. The first-order valence-electron chi connectivity index (χ1n) is 6.73. The second-order valence-corrected chi connectivity index (χ2v) is 5.30. The van der Waals surface area contributed by atoms with Gasteiger partial charge in [-0.15, -0.1) is 0 Å². The fourth-order valence-electron chi connectivity index (χ4n) is 3.25. The van der Waals surface area contributed by atoms with Gasteiger partial charge in [0.1, 0.15) is 0 Å². The number of nitrogens with one attached hydrogen (secondary N) is 1. The Kier molecular flexibility index (Phi) is 3.17. The highest BCUT2D eigenvalue weighted by atomic mass is 19.4. The molecule has 0 radical (unpaired) electrons. The van der Waals surface area contributed by atoms with Crippen LogP contribution in [0.2, 0.25) is 0 Å². The van der Waals surface area contributed by atoms with Gasteiger partial charge < -0.3 is 10.2 Å². The first-order valence-corrected chi connectivity index (χ1v) is 6.73. The molecule has 0 spiro atoms. The zero-order valence-corrected chi connectivity index (χ0v) is 10.6. The molecule has 1 aliphatic heterocycles. The van der Waals surface area contributed by atoms with E-state index in [4.69, 9.17) is 0 Å².